The predicted molar refractivity (Wildman–Crippen MR) is 64.6 cm³/mol. The number of aromatic nitrogens is 2. The van der Waals surface area contributed by atoms with Crippen LogP contribution in [0.3, 0.4) is 0 Å². The van der Waals surface area contributed by atoms with Crippen molar-refractivity contribution in [3.8, 4) is 0 Å². The lowest BCUT2D eigenvalue weighted by Crippen LogP contribution is -2.49. The highest BCUT2D eigenvalue weighted by Crippen LogP contribution is 2.51. The number of hydrogen-bond donors (Lipinski definition) is 1. The summed E-state index contributed by atoms with van der Waals surface area (Å²) in [4.78, 5) is 10.6. The minimum atomic E-state index is -0.0149. The van der Waals surface area contributed by atoms with Crippen LogP contribution in [0.5, 0.6) is 0 Å². The topological polar surface area (TPSA) is 49.2 Å². The number of anilines is 1. The third-order valence-electron chi connectivity index (χ3n) is 3.55. The lowest BCUT2D eigenvalue weighted by molar-refractivity contribution is 0.129. The fraction of sp³-hybridized carbons (Fsp3) is 0.600. The smallest absolute Gasteiger partial charge is 0.146 e. The lowest BCUT2D eigenvalue weighted by atomic mass is 9.74. The number of aliphatic hydroxyl groups excluding tert-OH is 1. The van der Waals surface area contributed by atoms with Gasteiger partial charge in [0.15, 0.2) is 0 Å². The Kier molecular flexibility index (Phi) is 2.14. The van der Waals surface area contributed by atoms with Crippen LogP contribution < -0.4 is 4.90 Å². The molecule has 0 unspecified atom stereocenters. The number of halogens is 1. The minimum absolute atomic E-state index is 0.0149. The zero-order valence-corrected chi connectivity index (χ0v) is 10.4. The van der Waals surface area contributed by atoms with Crippen LogP contribution in [0.15, 0.2) is 12.5 Å². The van der Waals surface area contributed by atoms with Gasteiger partial charge in [0.05, 0.1) is 15.7 Å². The molecule has 3 fully saturated rings. The Morgan fingerprint density at radius 3 is 3.07 bits per heavy atom. The van der Waals surface area contributed by atoms with Gasteiger partial charge in [-0.25, -0.2) is 9.97 Å². The molecule has 15 heavy (non-hydrogen) atoms. The first-order chi connectivity index (χ1) is 7.25. The van der Waals surface area contributed by atoms with Crippen molar-refractivity contribution in [1.29, 1.82) is 0 Å². The Labute approximate surface area is 102 Å². The molecule has 1 aromatic rings. The summed E-state index contributed by atoms with van der Waals surface area (Å²) in [7, 11) is 0. The molecule has 0 spiro atoms. The molecular weight excluding hydrogens is 305 g/mol. The fourth-order valence-electron chi connectivity index (χ4n) is 2.85. The molecule has 0 aromatic carbocycles. The molecular formula is C10H12IN3O. The van der Waals surface area contributed by atoms with E-state index in [0.29, 0.717) is 0 Å². The van der Waals surface area contributed by atoms with Gasteiger partial charge in [0.1, 0.15) is 12.1 Å². The molecule has 5 heteroatoms. The van der Waals surface area contributed by atoms with E-state index in [1.54, 1.807) is 6.33 Å². The monoisotopic (exact) mass is 317 g/mol. The second kappa shape index (κ2) is 3.28. The molecule has 4 nitrogen and oxygen atoms in total. The van der Waals surface area contributed by atoms with Gasteiger partial charge in [0.25, 0.3) is 0 Å². The summed E-state index contributed by atoms with van der Waals surface area (Å²) in [5.41, 5.74) is -0.0149. The summed E-state index contributed by atoms with van der Waals surface area (Å²) in [6.45, 7) is 1.27. The third kappa shape index (κ3) is 1.29. The van der Waals surface area contributed by atoms with Crippen LogP contribution in [0, 0.1) is 9.49 Å². The number of rotatable bonds is 2. The first kappa shape index (κ1) is 9.77. The molecule has 1 saturated carbocycles. The van der Waals surface area contributed by atoms with Crippen molar-refractivity contribution in [1.82, 2.24) is 9.97 Å². The molecule has 2 bridgehead atoms. The highest BCUT2D eigenvalue weighted by Gasteiger charge is 2.56. The van der Waals surface area contributed by atoms with Crippen molar-refractivity contribution in [2.24, 2.45) is 5.92 Å². The number of nitrogens with zero attached hydrogens (tertiary/aromatic N) is 3. The predicted octanol–water partition coefficient (Wildman–Crippen LogP) is 1.04. The van der Waals surface area contributed by atoms with Gasteiger partial charge in [-0.3, -0.25) is 0 Å². The molecule has 2 aliphatic heterocycles. The minimum Gasteiger partial charge on any atom is -0.394 e. The summed E-state index contributed by atoms with van der Waals surface area (Å²) in [6, 6.07) is 0. The molecule has 2 saturated heterocycles. The van der Waals surface area contributed by atoms with Crippen LogP contribution in [0.2, 0.25) is 0 Å². The maximum absolute atomic E-state index is 9.50. The zero-order valence-electron chi connectivity index (χ0n) is 8.23. The first-order valence-corrected chi connectivity index (χ1v) is 6.17. The molecule has 80 valence electrons. The van der Waals surface area contributed by atoms with E-state index in [4.69, 9.17) is 0 Å². The van der Waals surface area contributed by atoms with Crippen LogP contribution >= 0.6 is 22.6 Å². The molecule has 0 amide bonds. The molecule has 1 N–H and O–H groups in total. The molecule has 4 rings (SSSR count). The van der Waals surface area contributed by atoms with Crippen LogP contribution in [-0.4, -0.2) is 33.8 Å². The van der Waals surface area contributed by atoms with Crippen LogP contribution in [-0.2, 0) is 0 Å². The van der Waals surface area contributed by atoms with Gasteiger partial charge >= 0.3 is 0 Å². The van der Waals surface area contributed by atoms with E-state index < -0.39 is 0 Å². The summed E-state index contributed by atoms with van der Waals surface area (Å²) < 4.78 is 1.07. The molecule has 0 atom stereocenters. The second-order valence-corrected chi connectivity index (χ2v) is 5.62. The Bertz CT molecular complexity index is 392. The Morgan fingerprint density at radius 2 is 2.40 bits per heavy atom. The first-order valence-electron chi connectivity index (χ1n) is 5.09. The van der Waals surface area contributed by atoms with E-state index in [0.717, 1.165) is 34.7 Å². The van der Waals surface area contributed by atoms with Gasteiger partial charge in [0, 0.05) is 12.7 Å². The maximum Gasteiger partial charge on any atom is 0.146 e. The zero-order chi connectivity index (χ0) is 10.5. The van der Waals surface area contributed by atoms with Crippen LogP contribution in [0.25, 0.3) is 0 Å². The van der Waals surface area contributed by atoms with E-state index >= 15 is 0 Å². The quantitative estimate of drug-likeness (QED) is 0.828. The number of aliphatic hydroxyl groups is 1. The van der Waals surface area contributed by atoms with E-state index in [1.165, 1.54) is 0 Å². The number of hydrogen-bond acceptors (Lipinski definition) is 4. The Balaban J connectivity index is 1.98. The Morgan fingerprint density at radius 1 is 1.60 bits per heavy atom. The normalized spacial score (nSPS) is 32.9. The SMILES string of the molecule is OCC12CC(CN1c1ncncc1I)C2. The Hall–Kier alpha value is -0.430. The fourth-order valence-corrected chi connectivity index (χ4v) is 3.44. The molecule has 1 aliphatic carbocycles. The van der Waals surface area contributed by atoms with E-state index in [9.17, 15) is 5.11 Å². The lowest BCUT2D eigenvalue weighted by Gasteiger charge is -2.41. The van der Waals surface area contributed by atoms with Crippen LogP contribution in [0.4, 0.5) is 5.82 Å². The molecule has 3 heterocycles. The largest absolute Gasteiger partial charge is 0.394 e. The van der Waals surface area contributed by atoms with Gasteiger partial charge in [0.2, 0.25) is 0 Å². The van der Waals surface area contributed by atoms with Crippen molar-refractivity contribution in [3.63, 3.8) is 0 Å². The summed E-state index contributed by atoms with van der Waals surface area (Å²) in [5.74, 6) is 1.74. The van der Waals surface area contributed by atoms with E-state index in [1.807, 2.05) is 6.20 Å². The second-order valence-electron chi connectivity index (χ2n) is 4.46. The summed E-state index contributed by atoms with van der Waals surface area (Å²) >= 11 is 2.25. The van der Waals surface area contributed by atoms with E-state index in [-0.39, 0.29) is 12.1 Å². The van der Waals surface area contributed by atoms with Crippen molar-refractivity contribution in [2.45, 2.75) is 18.4 Å². The standard InChI is InChI=1S/C10H12IN3O/c11-8-3-12-6-13-9(8)14-4-7-1-10(14,2-7)5-15/h3,6-7,15H,1-2,4-5H2. The van der Waals surface area contributed by atoms with Gasteiger partial charge in [-0.2, -0.15) is 0 Å². The highest BCUT2D eigenvalue weighted by atomic mass is 127. The summed E-state index contributed by atoms with van der Waals surface area (Å²) in [5, 5.41) is 9.50. The van der Waals surface area contributed by atoms with Gasteiger partial charge < -0.3 is 10.0 Å². The summed E-state index contributed by atoms with van der Waals surface area (Å²) in [6.07, 6.45) is 5.63. The van der Waals surface area contributed by atoms with Crippen molar-refractivity contribution in [2.75, 3.05) is 18.1 Å². The van der Waals surface area contributed by atoms with Crippen molar-refractivity contribution in [3.05, 3.63) is 16.1 Å². The number of fused-ring (bicyclic) bond motifs is 1. The molecule has 3 aliphatic rings. The average molecular weight is 317 g/mol. The highest BCUT2D eigenvalue weighted by molar-refractivity contribution is 14.1. The third-order valence-corrected chi connectivity index (χ3v) is 4.31. The van der Waals surface area contributed by atoms with Gasteiger partial charge in [-0.05, 0) is 41.4 Å². The van der Waals surface area contributed by atoms with Crippen molar-refractivity contribution >= 4 is 28.4 Å². The van der Waals surface area contributed by atoms with Gasteiger partial charge in [-0.15, -0.1) is 0 Å². The average Bonchev–Trinajstić information content (AvgIpc) is 2.72. The molecule has 1 aromatic heterocycles. The molecule has 0 radical (unpaired) electrons. The maximum atomic E-state index is 9.50. The van der Waals surface area contributed by atoms with Crippen LogP contribution in [0.1, 0.15) is 12.8 Å². The van der Waals surface area contributed by atoms with Crippen molar-refractivity contribution < 1.29 is 5.11 Å². The van der Waals surface area contributed by atoms with E-state index in [2.05, 4.69) is 37.5 Å². The van der Waals surface area contributed by atoms with Gasteiger partial charge in [-0.1, -0.05) is 0 Å².